The molecule has 2 aromatic rings. The maximum Gasteiger partial charge on any atom is 0.245 e. The summed E-state index contributed by atoms with van der Waals surface area (Å²) in [7, 11) is 2.03. The van der Waals surface area contributed by atoms with Gasteiger partial charge in [-0.1, -0.05) is 18.9 Å². The number of likely N-dealkylation sites (N-methyl/N-ethyl adjacent to an activating group) is 1. The van der Waals surface area contributed by atoms with Crippen molar-refractivity contribution in [3.8, 4) is 11.5 Å². The highest BCUT2D eigenvalue weighted by Gasteiger charge is 2.45. The molecule has 3 heterocycles. The Hall–Kier alpha value is -2.15. The van der Waals surface area contributed by atoms with Crippen molar-refractivity contribution in [2.45, 2.75) is 69.9 Å². The van der Waals surface area contributed by atoms with E-state index in [9.17, 15) is 4.79 Å². The lowest BCUT2D eigenvalue weighted by Crippen LogP contribution is -2.49. The third kappa shape index (κ3) is 3.47. The molecule has 30 heavy (non-hydrogen) atoms. The SMILES string of the molecule is CN(c1nc(-c2ccccn2)nc2c1CCC2)[C@H]1CCN(C2(C)CCCC2)C1=O.S. The lowest BCUT2D eigenvalue weighted by molar-refractivity contribution is -0.133. The second-order valence-corrected chi connectivity index (χ2v) is 8.97. The topological polar surface area (TPSA) is 62.2 Å². The predicted octanol–water partition coefficient (Wildman–Crippen LogP) is 3.51. The van der Waals surface area contributed by atoms with Crippen LogP contribution in [0.4, 0.5) is 5.82 Å². The summed E-state index contributed by atoms with van der Waals surface area (Å²) in [5, 5.41) is 0. The highest BCUT2D eigenvalue weighted by molar-refractivity contribution is 7.59. The number of nitrogens with zero attached hydrogens (tertiary/aromatic N) is 5. The van der Waals surface area contributed by atoms with Crippen LogP contribution in [0, 0.1) is 0 Å². The Bertz CT molecular complexity index is 929. The molecule has 6 nitrogen and oxygen atoms in total. The van der Waals surface area contributed by atoms with Crippen molar-refractivity contribution in [1.29, 1.82) is 0 Å². The lowest BCUT2D eigenvalue weighted by atomic mass is 9.98. The molecule has 2 fully saturated rings. The Kier molecular flexibility index (Phi) is 5.75. The number of aromatic nitrogens is 3. The molecule has 1 saturated carbocycles. The van der Waals surface area contributed by atoms with Crippen LogP contribution in [0.2, 0.25) is 0 Å². The van der Waals surface area contributed by atoms with Crippen molar-refractivity contribution in [1.82, 2.24) is 19.9 Å². The minimum atomic E-state index is -0.136. The maximum atomic E-state index is 13.4. The van der Waals surface area contributed by atoms with Crippen molar-refractivity contribution in [3.63, 3.8) is 0 Å². The minimum Gasteiger partial charge on any atom is -0.347 e. The molecular weight excluding hydrogens is 394 g/mol. The van der Waals surface area contributed by atoms with Crippen LogP contribution in [0.1, 0.15) is 56.7 Å². The van der Waals surface area contributed by atoms with Crippen LogP contribution < -0.4 is 4.90 Å². The van der Waals surface area contributed by atoms with Gasteiger partial charge in [-0.15, -0.1) is 0 Å². The summed E-state index contributed by atoms with van der Waals surface area (Å²) in [6.45, 7) is 3.12. The number of pyridine rings is 1. The van der Waals surface area contributed by atoms with Gasteiger partial charge in [-0.05, 0) is 57.6 Å². The molecule has 3 aliphatic rings. The van der Waals surface area contributed by atoms with Gasteiger partial charge in [-0.3, -0.25) is 9.78 Å². The second-order valence-electron chi connectivity index (χ2n) is 8.97. The Morgan fingerprint density at radius 3 is 2.67 bits per heavy atom. The number of amides is 1. The molecule has 1 aliphatic heterocycles. The van der Waals surface area contributed by atoms with Gasteiger partial charge in [0.15, 0.2) is 5.82 Å². The summed E-state index contributed by atoms with van der Waals surface area (Å²) >= 11 is 0. The molecule has 1 atom stereocenters. The maximum absolute atomic E-state index is 13.4. The molecule has 0 unspecified atom stereocenters. The first-order valence-electron chi connectivity index (χ1n) is 10.9. The van der Waals surface area contributed by atoms with Gasteiger partial charge in [0.25, 0.3) is 0 Å². The van der Waals surface area contributed by atoms with Crippen molar-refractivity contribution >= 4 is 25.2 Å². The van der Waals surface area contributed by atoms with Gasteiger partial charge in [0.05, 0.1) is 0 Å². The Labute approximate surface area is 185 Å². The number of hydrogen-bond donors (Lipinski definition) is 0. The number of anilines is 1. The summed E-state index contributed by atoms with van der Waals surface area (Å²) in [5.74, 6) is 1.85. The van der Waals surface area contributed by atoms with E-state index < -0.39 is 0 Å². The van der Waals surface area contributed by atoms with E-state index in [1.54, 1.807) is 6.20 Å². The van der Waals surface area contributed by atoms with Crippen LogP contribution in [0.25, 0.3) is 11.5 Å². The number of fused-ring (bicyclic) bond motifs is 1. The van der Waals surface area contributed by atoms with Gasteiger partial charge in [0.1, 0.15) is 17.6 Å². The molecular formula is C23H31N5OS. The summed E-state index contributed by atoms with van der Waals surface area (Å²) < 4.78 is 0. The quantitative estimate of drug-likeness (QED) is 0.750. The summed E-state index contributed by atoms with van der Waals surface area (Å²) in [4.78, 5) is 31.8. The summed E-state index contributed by atoms with van der Waals surface area (Å²) in [5.41, 5.74) is 3.16. The van der Waals surface area contributed by atoms with E-state index in [0.717, 1.165) is 62.3 Å². The van der Waals surface area contributed by atoms with Crippen LogP contribution >= 0.6 is 13.5 Å². The number of aryl methyl sites for hydroxylation is 1. The third-order valence-corrected chi connectivity index (χ3v) is 7.12. The summed E-state index contributed by atoms with van der Waals surface area (Å²) in [6, 6.07) is 5.68. The monoisotopic (exact) mass is 425 g/mol. The zero-order valence-corrected chi connectivity index (χ0v) is 18.9. The molecule has 1 saturated heterocycles. The summed E-state index contributed by atoms with van der Waals surface area (Å²) in [6.07, 6.45) is 10.4. The first-order chi connectivity index (χ1) is 14.1. The van der Waals surface area contributed by atoms with E-state index in [4.69, 9.17) is 9.97 Å². The van der Waals surface area contributed by atoms with Gasteiger partial charge in [0, 0.05) is 36.6 Å². The standard InChI is InChI=1S/C23H29N5O.H2S/c1-23(12-4-5-13-23)28-15-11-19(22(28)29)27(2)21-16-8-7-10-17(16)25-20(26-21)18-9-3-6-14-24-18;/h3,6,9,14,19H,4-5,7-8,10-13,15H2,1-2H3;1H2/t19-;/m0./s1. The van der Waals surface area contributed by atoms with E-state index in [2.05, 4.69) is 21.7 Å². The normalized spacial score (nSPS) is 22.1. The van der Waals surface area contributed by atoms with Crippen molar-refractivity contribution in [2.75, 3.05) is 18.5 Å². The number of rotatable bonds is 4. The first kappa shape index (κ1) is 21.1. The number of carbonyl (C=O) groups is 1. The highest BCUT2D eigenvalue weighted by atomic mass is 32.1. The first-order valence-corrected chi connectivity index (χ1v) is 10.9. The molecule has 1 amide bonds. The van der Waals surface area contributed by atoms with Crippen LogP contribution in [0.5, 0.6) is 0 Å². The zero-order chi connectivity index (χ0) is 20.0. The largest absolute Gasteiger partial charge is 0.347 e. The van der Waals surface area contributed by atoms with Crippen LogP contribution in [0.15, 0.2) is 24.4 Å². The second kappa shape index (κ2) is 8.17. The van der Waals surface area contributed by atoms with Crippen molar-refractivity contribution in [2.24, 2.45) is 0 Å². The molecule has 2 aliphatic carbocycles. The highest BCUT2D eigenvalue weighted by Crippen LogP contribution is 2.39. The van der Waals surface area contributed by atoms with Crippen LogP contribution in [0.3, 0.4) is 0 Å². The van der Waals surface area contributed by atoms with Gasteiger partial charge < -0.3 is 9.80 Å². The van der Waals surface area contributed by atoms with E-state index in [1.165, 1.54) is 18.4 Å². The number of hydrogen-bond acceptors (Lipinski definition) is 5. The average Bonchev–Trinajstić information content (AvgIpc) is 3.47. The lowest BCUT2D eigenvalue weighted by Gasteiger charge is -2.36. The van der Waals surface area contributed by atoms with E-state index in [1.807, 2.05) is 25.2 Å². The fraction of sp³-hybridized carbons (Fsp3) is 0.565. The van der Waals surface area contributed by atoms with Gasteiger partial charge in [-0.2, -0.15) is 13.5 Å². The molecule has 0 spiro atoms. The molecule has 0 aromatic carbocycles. The number of carbonyl (C=O) groups excluding carboxylic acids is 1. The van der Waals surface area contributed by atoms with Crippen LogP contribution in [-0.4, -0.2) is 50.9 Å². The van der Waals surface area contributed by atoms with Crippen molar-refractivity contribution in [3.05, 3.63) is 35.7 Å². The minimum absolute atomic E-state index is 0. The van der Waals surface area contributed by atoms with E-state index in [0.29, 0.717) is 5.82 Å². The number of likely N-dealkylation sites (tertiary alicyclic amines) is 1. The Balaban J connectivity index is 0.00000218. The van der Waals surface area contributed by atoms with E-state index >= 15 is 0 Å². The van der Waals surface area contributed by atoms with Crippen LogP contribution in [-0.2, 0) is 17.6 Å². The van der Waals surface area contributed by atoms with Gasteiger partial charge in [0.2, 0.25) is 5.91 Å². The molecule has 5 rings (SSSR count). The fourth-order valence-corrected chi connectivity index (χ4v) is 5.43. The fourth-order valence-electron chi connectivity index (χ4n) is 5.43. The van der Waals surface area contributed by atoms with E-state index in [-0.39, 0.29) is 31.0 Å². The molecule has 0 radical (unpaired) electrons. The van der Waals surface area contributed by atoms with Gasteiger partial charge >= 0.3 is 0 Å². The van der Waals surface area contributed by atoms with Gasteiger partial charge in [-0.25, -0.2) is 9.97 Å². The Morgan fingerprint density at radius 2 is 1.93 bits per heavy atom. The predicted molar refractivity (Wildman–Crippen MR) is 123 cm³/mol. The van der Waals surface area contributed by atoms with Crippen molar-refractivity contribution < 1.29 is 4.79 Å². The zero-order valence-electron chi connectivity index (χ0n) is 17.9. The molecule has 0 bridgehead atoms. The molecule has 2 aromatic heterocycles. The molecule has 0 N–H and O–H groups in total. The smallest absolute Gasteiger partial charge is 0.245 e. The Morgan fingerprint density at radius 1 is 1.13 bits per heavy atom. The third-order valence-electron chi connectivity index (χ3n) is 7.12. The molecule has 7 heteroatoms. The molecule has 160 valence electrons. The average molecular weight is 426 g/mol.